The molecule has 168 valence electrons. The molecule has 2 aliphatic rings. The molecule has 3 N–H and O–H groups in total. The highest BCUT2D eigenvalue weighted by Crippen LogP contribution is 2.32. The summed E-state index contributed by atoms with van der Waals surface area (Å²) >= 11 is 0. The number of amides is 1. The van der Waals surface area contributed by atoms with Gasteiger partial charge in [0.2, 0.25) is 5.91 Å². The van der Waals surface area contributed by atoms with E-state index >= 15 is 0 Å². The number of rotatable bonds is 7. The summed E-state index contributed by atoms with van der Waals surface area (Å²) in [5.74, 6) is 0.375. The number of likely N-dealkylation sites (tertiary alicyclic amines) is 2. The number of carbonyl (C=O) groups is 1. The minimum absolute atomic E-state index is 0.119. The first-order valence-electron chi connectivity index (χ1n) is 11.6. The molecule has 30 heavy (non-hydrogen) atoms. The molecule has 0 aliphatic carbocycles. The Morgan fingerprint density at radius 3 is 2.47 bits per heavy atom. The molecule has 2 saturated heterocycles. The van der Waals surface area contributed by atoms with E-state index in [1.165, 1.54) is 6.07 Å². The summed E-state index contributed by atoms with van der Waals surface area (Å²) in [5, 5.41) is 11.1. The van der Waals surface area contributed by atoms with Crippen molar-refractivity contribution >= 4 is 11.6 Å². The lowest BCUT2D eigenvalue weighted by atomic mass is 9.86. The largest absolute Gasteiger partial charge is 0.399 e. The van der Waals surface area contributed by atoms with E-state index in [-0.39, 0.29) is 23.6 Å². The smallest absolute Gasteiger partial charge is 0.225 e. The third-order valence-corrected chi connectivity index (χ3v) is 7.05. The zero-order valence-electron chi connectivity index (χ0n) is 18.6. The zero-order valence-corrected chi connectivity index (χ0v) is 18.6. The number of anilines is 1. The summed E-state index contributed by atoms with van der Waals surface area (Å²) in [7, 11) is 0. The molecule has 6 heteroatoms. The first-order valence-corrected chi connectivity index (χ1v) is 11.6. The number of hydrogen-bond donors (Lipinski definition) is 2. The SMILES string of the molecule is CCCC(CC)C(=O)N1CCC(O)(CN2CCC(c3ccc(N)cc3F)CC2)CC1. The maximum atomic E-state index is 14.2. The van der Waals surface area contributed by atoms with Gasteiger partial charge in [-0.15, -0.1) is 0 Å². The zero-order chi connectivity index (χ0) is 21.7. The lowest BCUT2D eigenvalue weighted by molar-refractivity contribution is -0.140. The molecule has 2 heterocycles. The number of nitrogen functional groups attached to an aromatic ring is 1. The van der Waals surface area contributed by atoms with Crippen molar-refractivity contribution < 1.29 is 14.3 Å². The molecule has 0 saturated carbocycles. The second-order valence-corrected chi connectivity index (χ2v) is 9.27. The fourth-order valence-corrected chi connectivity index (χ4v) is 5.10. The van der Waals surface area contributed by atoms with Crippen molar-refractivity contribution in [2.45, 2.75) is 70.3 Å². The number of carbonyl (C=O) groups excluding carboxylic acids is 1. The van der Waals surface area contributed by atoms with Crippen LogP contribution in [0.2, 0.25) is 0 Å². The average molecular weight is 420 g/mol. The molecule has 2 aliphatic heterocycles. The van der Waals surface area contributed by atoms with E-state index in [0.29, 0.717) is 38.2 Å². The Hall–Kier alpha value is -1.66. The average Bonchev–Trinajstić information content (AvgIpc) is 2.73. The number of β-amino-alcohol motifs (C(OH)–C–C–N with tert-alkyl or cyclic N) is 1. The molecule has 0 aromatic heterocycles. The second kappa shape index (κ2) is 10.1. The Morgan fingerprint density at radius 2 is 1.90 bits per heavy atom. The van der Waals surface area contributed by atoms with Crippen molar-refractivity contribution in [3.05, 3.63) is 29.6 Å². The third kappa shape index (κ3) is 5.52. The van der Waals surface area contributed by atoms with Gasteiger partial charge < -0.3 is 20.6 Å². The molecule has 1 amide bonds. The van der Waals surface area contributed by atoms with Gasteiger partial charge in [-0.2, -0.15) is 0 Å². The number of nitrogens with zero attached hydrogens (tertiary/aromatic N) is 2. The molecule has 1 atom stereocenters. The van der Waals surface area contributed by atoms with E-state index in [1.807, 2.05) is 11.0 Å². The van der Waals surface area contributed by atoms with Crippen molar-refractivity contribution in [3.8, 4) is 0 Å². The number of nitrogens with two attached hydrogens (primary N) is 1. The standard InChI is InChI=1S/C24H38FN3O2/c1-3-5-18(4-2)23(29)28-14-10-24(30,11-15-28)17-27-12-8-19(9-13-27)21-7-6-20(26)16-22(21)25/h6-7,16,18-19,30H,3-5,8-15,17,26H2,1-2H3. The van der Waals surface area contributed by atoms with Crippen LogP contribution in [-0.4, -0.2) is 59.1 Å². The molecule has 5 nitrogen and oxygen atoms in total. The third-order valence-electron chi connectivity index (χ3n) is 7.05. The van der Waals surface area contributed by atoms with Gasteiger partial charge in [0, 0.05) is 31.2 Å². The number of hydrogen-bond acceptors (Lipinski definition) is 4. The van der Waals surface area contributed by atoms with Gasteiger partial charge in [-0.25, -0.2) is 4.39 Å². The monoisotopic (exact) mass is 419 g/mol. The second-order valence-electron chi connectivity index (χ2n) is 9.27. The van der Waals surface area contributed by atoms with Crippen LogP contribution in [0.25, 0.3) is 0 Å². The van der Waals surface area contributed by atoms with Crippen LogP contribution >= 0.6 is 0 Å². The molecule has 3 rings (SSSR count). The minimum atomic E-state index is -0.734. The topological polar surface area (TPSA) is 69.8 Å². The lowest BCUT2D eigenvalue weighted by Crippen LogP contribution is -2.53. The highest BCUT2D eigenvalue weighted by atomic mass is 19.1. The predicted molar refractivity (Wildman–Crippen MR) is 119 cm³/mol. The van der Waals surface area contributed by atoms with Gasteiger partial charge in [0.1, 0.15) is 5.82 Å². The number of halogens is 1. The summed E-state index contributed by atoms with van der Waals surface area (Å²) in [5.41, 5.74) is 6.15. The first-order chi connectivity index (χ1) is 14.3. The molecule has 1 aromatic rings. The molecule has 0 spiro atoms. The predicted octanol–water partition coefficient (Wildman–Crippen LogP) is 3.77. The molecular weight excluding hydrogens is 381 g/mol. The Balaban J connectivity index is 1.48. The first kappa shape index (κ1) is 23.0. The van der Waals surface area contributed by atoms with Crippen LogP contribution in [0.3, 0.4) is 0 Å². The van der Waals surface area contributed by atoms with Crippen LogP contribution in [-0.2, 0) is 4.79 Å². The van der Waals surface area contributed by atoms with Gasteiger partial charge >= 0.3 is 0 Å². The van der Waals surface area contributed by atoms with Crippen molar-refractivity contribution in [3.63, 3.8) is 0 Å². The van der Waals surface area contributed by atoms with Gasteiger partial charge in [0.05, 0.1) is 5.60 Å². The van der Waals surface area contributed by atoms with Gasteiger partial charge in [-0.3, -0.25) is 4.79 Å². The van der Waals surface area contributed by atoms with Crippen LogP contribution in [0.5, 0.6) is 0 Å². The Morgan fingerprint density at radius 1 is 1.23 bits per heavy atom. The summed E-state index contributed by atoms with van der Waals surface area (Å²) in [6.07, 6.45) is 5.89. The Labute approximate surface area is 180 Å². The van der Waals surface area contributed by atoms with Crippen molar-refractivity contribution in [2.75, 3.05) is 38.5 Å². The van der Waals surface area contributed by atoms with Crippen LogP contribution in [0, 0.1) is 11.7 Å². The molecule has 1 unspecified atom stereocenters. The summed E-state index contributed by atoms with van der Waals surface area (Å²) in [6.45, 7) is 7.83. The van der Waals surface area contributed by atoms with Gasteiger partial charge in [0.15, 0.2) is 0 Å². The summed E-state index contributed by atoms with van der Waals surface area (Å²) < 4.78 is 14.2. The summed E-state index contributed by atoms with van der Waals surface area (Å²) in [6, 6.07) is 4.99. The van der Waals surface area contributed by atoms with Crippen LogP contribution in [0.15, 0.2) is 18.2 Å². The van der Waals surface area contributed by atoms with Crippen molar-refractivity contribution in [1.29, 1.82) is 0 Å². The maximum absolute atomic E-state index is 14.2. The van der Waals surface area contributed by atoms with Crippen LogP contribution in [0.1, 0.15) is 70.3 Å². The van der Waals surface area contributed by atoms with Crippen molar-refractivity contribution in [2.24, 2.45) is 5.92 Å². The number of benzene rings is 1. The van der Waals surface area contributed by atoms with Crippen LogP contribution < -0.4 is 5.73 Å². The minimum Gasteiger partial charge on any atom is -0.399 e. The van der Waals surface area contributed by atoms with Gasteiger partial charge in [-0.05, 0) is 75.2 Å². The molecular formula is C24H38FN3O2. The molecule has 0 bridgehead atoms. The Bertz CT molecular complexity index is 710. The fourth-order valence-electron chi connectivity index (χ4n) is 5.10. The lowest BCUT2D eigenvalue weighted by Gasteiger charge is -2.43. The van der Waals surface area contributed by atoms with E-state index in [0.717, 1.165) is 50.8 Å². The molecule has 0 radical (unpaired) electrons. The van der Waals surface area contributed by atoms with E-state index in [9.17, 15) is 14.3 Å². The molecule has 2 fully saturated rings. The number of aliphatic hydroxyl groups is 1. The van der Waals surface area contributed by atoms with Crippen LogP contribution in [0.4, 0.5) is 10.1 Å². The maximum Gasteiger partial charge on any atom is 0.225 e. The van der Waals surface area contributed by atoms with Gasteiger partial charge in [-0.1, -0.05) is 26.3 Å². The molecule has 1 aromatic carbocycles. The normalized spacial score (nSPS) is 21.5. The van der Waals surface area contributed by atoms with Gasteiger partial charge in [0.25, 0.3) is 0 Å². The summed E-state index contributed by atoms with van der Waals surface area (Å²) in [4.78, 5) is 17.0. The quantitative estimate of drug-likeness (QED) is 0.660. The van der Waals surface area contributed by atoms with Crippen molar-refractivity contribution in [1.82, 2.24) is 9.80 Å². The van der Waals surface area contributed by atoms with E-state index in [1.54, 1.807) is 6.07 Å². The van der Waals surface area contributed by atoms with E-state index in [2.05, 4.69) is 18.7 Å². The Kier molecular flexibility index (Phi) is 7.75. The highest BCUT2D eigenvalue weighted by Gasteiger charge is 2.37. The number of piperidine rings is 2. The highest BCUT2D eigenvalue weighted by molar-refractivity contribution is 5.78. The van der Waals surface area contributed by atoms with E-state index in [4.69, 9.17) is 5.73 Å². The van der Waals surface area contributed by atoms with E-state index < -0.39 is 5.60 Å². The fraction of sp³-hybridized carbons (Fsp3) is 0.708.